The second kappa shape index (κ2) is 6.75. The highest BCUT2D eigenvalue weighted by atomic mass is 32.2. The molecule has 0 aliphatic rings. The van der Waals surface area contributed by atoms with Gasteiger partial charge in [0.25, 0.3) is 0 Å². The minimum absolute atomic E-state index is 0.00644. The van der Waals surface area contributed by atoms with Crippen molar-refractivity contribution in [3.05, 3.63) is 24.2 Å². The highest BCUT2D eigenvalue weighted by molar-refractivity contribution is 7.91. The molecule has 108 valence electrons. The van der Waals surface area contributed by atoms with Crippen LogP contribution in [-0.2, 0) is 21.1 Å². The lowest BCUT2D eigenvalue weighted by Crippen LogP contribution is -2.39. The summed E-state index contributed by atoms with van der Waals surface area (Å²) in [6, 6.07) is 3.28. The average Bonchev–Trinajstić information content (AvgIpc) is 2.87. The molecule has 19 heavy (non-hydrogen) atoms. The van der Waals surface area contributed by atoms with E-state index in [-0.39, 0.29) is 23.5 Å². The Bertz CT molecular complexity index is 493. The van der Waals surface area contributed by atoms with Crippen molar-refractivity contribution in [2.45, 2.75) is 32.7 Å². The van der Waals surface area contributed by atoms with Crippen molar-refractivity contribution in [3.8, 4) is 0 Å². The van der Waals surface area contributed by atoms with Crippen LogP contribution in [0.25, 0.3) is 0 Å². The van der Waals surface area contributed by atoms with Gasteiger partial charge in [-0.15, -0.1) is 0 Å². The van der Waals surface area contributed by atoms with Crippen molar-refractivity contribution in [2.24, 2.45) is 0 Å². The van der Waals surface area contributed by atoms with Crippen LogP contribution in [0.5, 0.6) is 0 Å². The molecule has 1 rings (SSSR count). The Kier molecular flexibility index (Phi) is 5.60. The quantitative estimate of drug-likeness (QED) is 0.762. The second-order valence-corrected chi connectivity index (χ2v) is 7.03. The highest BCUT2D eigenvalue weighted by Crippen LogP contribution is 2.08. The van der Waals surface area contributed by atoms with Gasteiger partial charge in [0, 0.05) is 31.7 Å². The van der Waals surface area contributed by atoms with Crippen LogP contribution >= 0.6 is 0 Å². The maximum atomic E-state index is 11.9. The molecule has 1 unspecified atom stereocenters. The third kappa shape index (κ3) is 5.06. The maximum Gasteiger partial charge on any atom is 0.223 e. The first-order valence-electron chi connectivity index (χ1n) is 6.34. The molecule has 0 radical (unpaired) electrons. The van der Waals surface area contributed by atoms with Crippen molar-refractivity contribution in [3.63, 3.8) is 0 Å². The lowest BCUT2D eigenvalue weighted by molar-refractivity contribution is -0.131. The number of nitrogens with zero attached hydrogens (tertiary/aromatic N) is 1. The molecule has 1 atom stereocenters. The molecule has 0 saturated heterocycles. The Morgan fingerprint density at radius 3 is 2.68 bits per heavy atom. The van der Waals surface area contributed by atoms with Crippen LogP contribution in [0.3, 0.4) is 0 Å². The molecule has 0 spiro atoms. The van der Waals surface area contributed by atoms with Crippen LogP contribution in [0, 0.1) is 0 Å². The summed E-state index contributed by atoms with van der Waals surface area (Å²) in [6.07, 6.45) is 2.42. The van der Waals surface area contributed by atoms with Crippen LogP contribution in [0.15, 0.2) is 22.8 Å². The molecule has 0 aliphatic carbocycles. The molecule has 0 aromatic carbocycles. The Labute approximate surface area is 114 Å². The van der Waals surface area contributed by atoms with Crippen LogP contribution in [0.1, 0.15) is 26.0 Å². The summed E-state index contributed by atoms with van der Waals surface area (Å²) in [5.41, 5.74) is 0. The molecule has 0 fully saturated rings. The van der Waals surface area contributed by atoms with E-state index in [1.807, 2.05) is 6.07 Å². The number of carbonyl (C=O) groups excluding carboxylic acids is 1. The standard InChI is InChI=1S/C13H21NO4S/c1-4-19(16,17)10-11(2)14(3)13(15)8-7-12-6-5-9-18-12/h5-6,9,11H,4,7-8,10H2,1-3H3. The number of aryl methyl sites for hydroxylation is 1. The first-order chi connectivity index (χ1) is 8.85. The Morgan fingerprint density at radius 2 is 2.16 bits per heavy atom. The topological polar surface area (TPSA) is 67.6 Å². The fourth-order valence-corrected chi connectivity index (χ4v) is 2.90. The van der Waals surface area contributed by atoms with Crippen molar-refractivity contribution in [1.82, 2.24) is 4.90 Å². The molecule has 0 saturated carbocycles. The zero-order chi connectivity index (χ0) is 14.5. The molecular weight excluding hydrogens is 266 g/mol. The number of amides is 1. The highest BCUT2D eigenvalue weighted by Gasteiger charge is 2.21. The summed E-state index contributed by atoms with van der Waals surface area (Å²) < 4.78 is 28.2. The summed E-state index contributed by atoms with van der Waals surface area (Å²) in [5, 5.41) is 0. The van der Waals surface area contributed by atoms with Crippen molar-refractivity contribution in [2.75, 3.05) is 18.6 Å². The van der Waals surface area contributed by atoms with E-state index in [1.54, 1.807) is 33.2 Å². The fourth-order valence-electron chi connectivity index (χ4n) is 1.70. The SMILES string of the molecule is CCS(=O)(=O)CC(C)N(C)C(=O)CCc1ccco1. The zero-order valence-electron chi connectivity index (χ0n) is 11.6. The van der Waals surface area contributed by atoms with Gasteiger partial charge in [-0.1, -0.05) is 6.92 Å². The van der Waals surface area contributed by atoms with Gasteiger partial charge in [0.05, 0.1) is 12.0 Å². The second-order valence-electron chi connectivity index (χ2n) is 4.63. The predicted octanol–water partition coefficient (Wildman–Crippen LogP) is 1.49. The smallest absolute Gasteiger partial charge is 0.223 e. The van der Waals surface area contributed by atoms with Crippen molar-refractivity contribution in [1.29, 1.82) is 0 Å². The van der Waals surface area contributed by atoms with Crippen LogP contribution in [0.2, 0.25) is 0 Å². The summed E-state index contributed by atoms with van der Waals surface area (Å²) in [6.45, 7) is 3.36. The monoisotopic (exact) mass is 287 g/mol. The van der Waals surface area contributed by atoms with E-state index in [1.165, 1.54) is 4.90 Å². The molecule has 1 heterocycles. The van der Waals surface area contributed by atoms with E-state index in [4.69, 9.17) is 4.42 Å². The van der Waals surface area contributed by atoms with Crippen LogP contribution in [-0.4, -0.2) is 43.8 Å². The summed E-state index contributed by atoms with van der Waals surface area (Å²) >= 11 is 0. The molecule has 1 aromatic rings. The summed E-state index contributed by atoms with van der Waals surface area (Å²) in [5.74, 6) is 0.795. The average molecular weight is 287 g/mol. The number of hydrogen-bond acceptors (Lipinski definition) is 4. The van der Waals surface area contributed by atoms with E-state index in [2.05, 4.69) is 0 Å². The number of sulfone groups is 1. The molecule has 0 aliphatic heterocycles. The first kappa shape index (κ1) is 15.8. The van der Waals surface area contributed by atoms with Gasteiger partial charge >= 0.3 is 0 Å². The van der Waals surface area contributed by atoms with Gasteiger partial charge in [0.15, 0.2) is 9.84 Å². The van der Waals surface area contributed by atoms with Crippen LogP contribution in [0.4, 0.5) is 0 Å². The summed E-state index contributed by atoms with van der Waals surface area (Å²) in [7, 11) is -1.43. The van der Waals surface area contributed by atoms with Crippen molar-refractivity contribution < 1.29 is 17.6 Å². The largest absolute Gasteiger partial charge is 0.469 e. The fraction of sp³-hybridized carbons (Fsp3) is 0.615. The van der Waals surface area contributed by atoms with E-state index in [9.17, 15) is 13.2 Å². The number of furan rings is 1. The Balaban J connectivity index is 2.47. The van der Waals surface area contributed by atoms with E-state index < -0.39 is 9.84 Å². The van der Waals surface area contributed by atoms with E-state index >= 15 is 0 Å². The third-order valence-electron chi connectivity index (χ3n) is 3.15. The predicted molar refractivity (Wildman–Crippen MR) is 73.6 cm³/mol. The van der Waals surface area contributed by atoms with Gasteiger partial charge in [-0.2, -0.15) is 0 Å². The minimum Gasteiger partial charge on any atom is -0.469 e. The van der Waals surface area contributed by atoms with E-state index in [0.29, 0.717) is 12.8 Å². The molecule has 5 nitrogen and oxygen atoms in total. The molecule has 6 heteroatoms. The Hall–Kier alpha value is -1.30. The third-order valence-corrected chi connectivity index (χ3v) is 5.02. The van der Waals surface area contributed by atoms with Crippen molar-refractivity contribution >= 4 is 15.7 Å². The number of hydrogen-bond donors (Lipinski definition) is 0. The minimum atomic E-state index is -3.07. The van der Waals surface area contributed by atoms with Crippen LogP contribution < -0.4 is 0 Å². The van der Waals surface area contributed by atoms with E-state index in [0.717, 1.165) is 5.76 Å². The molecule has 1 amide bonds. The van der Waals surface area contributed by atoms with Gasteiger partial charge in [-0.25, -0.2) is 8.42 Å². The molecule has 1 aromatic heterocycles. The lowest BCUT2D eigenvalue weighted by Gasteiger charge is -2.24. The van der Waals surface area contributed by atoms with Gasteiger partial charge in [0.2, 0.25) is 5.91 Å². The molecule has 0 bridgehead atoms. The molecular formula is C13H21NO4S. The van der Waals surface area contributed by atoms with Gasteiger partial charge in [-0.05, 0) is 19.1 Å². The van der Waals surface area contributed by atoms with Gasteiger partial charge < -0.3 is 9.32 Å². The lowest BCUT2D eigenvalue weighted by atomic mass is 10.2. The number of rotatable bonds is 7. The zero-order valence-corrected chi connectivity index (χ0v) is 12.4. The normalized spacial score (nSPS) is 13.2. The van der Waals surface area contributed by atoms with Gasteiger partial charge in [0.1, 0.15) is 5.76 Å². The number of carbonyl (C=O) groups is 1. The first-order valence-corrected chi connectivity index (χ1v) is 8.16. The summed E-state index contributed by atoms with van der Waals surface area (Å²) in [4.78, 5) is 13.4. The Morgan fingerprint density at radius 1 is 1.47 bits per heavy atom. The van der Waals surface area contributed by atoms with Gasteiger partial charge in [-0.3, -0.25) is 4.79 Å². The maximum absolute atomic E-state index is 11.9. The molecule has 0 N–H and O–H groups in total.